The van der Waals surface area contributed by atoms with Gasteiger partial charge in [0.25, 0.3) is 0 Å². The fourth-order valence-corrected chi connectivity index (χ4v) is 3.24. The second kappa shape index (κ2) is 9.54. The number of methoxy groups -OCH3 is 1. The predicted molar refractivity (Wildman–Crippen MR) is 112 cm³/mol. The third kappa shape index (κ3) is 4.87. The number of hydrogen-bond acceptors (Lipinski definition) is 5. The van der Waals surface area contributed by atoms with Gasteiger partial charge in [-0.2, -0.15) is 0 Å². The van der Waals surface area contributed by atoms with Crippen LogP contribution in [-0.2, 0) is 9.53 Å². The van der Waals surface area contributed by atoms with Gasteiger partial charge in [-0.05, 0) is 36.6 Å². The average molecular weight is 389 g/mol. The van der Waals surface area contributed by atoms with Crippen molar-refractivity contribution in [1.82, 2.24) is 4.98 Å². The first-order valence-electron chi connectivity index (χ1n) is 8.76. The van der Waals surface area contributed by atoms with Crippen molar-refractivity contribution in [2.45, 2.75) is 6.92 Å². The van der Waals surface area contributed by atoms with E-state index in [1.807, 2.05) is 54.8 Å². The Balaban J connectivity index is 2.18. The summed E-state index contributed by atoms with van der Waals surface area (Å²) in [6.45, 7) is 2.41. The number of benzene rings is 1. The Morgan fingerprint density at radius 2 is 2.00 bits per heavy atom. The Labute approximate surface area is 168 Å². The zero-order valence-corrected chi connectivity index (χ0v) is 16.5. The van der Waals surface area contributed by atoms with Gasteiger partial charge in [-0.15, -0.1) is 11.3 Å². The largest absolute Gasteiger partial charge is 0.478 e. The molecule has 0 spiro atoms. The van der Waals surface area contributed by atoms with Crippen molar-refractivity contribution in [2.75, 3.05) is 13.7 Å². The maximum Gasteiger partial charge on any atom is 0.330 e. The molecule has 140 valence electrons. The minimum Gasteiger partial charge on any atom is -0.478 e. The number of esters is 1. The molecule has 0 atom stereocenters. The number of thiophene rings is 1. The molecule has 0 aliphatic rings. The second-order valence-electron chi connectivity index (χ2n) is 5.65. The molecule has 3 aromatic rings. The summed E-state index contributed by atoms with van der Waals surface area (Å²) >= 11 is 1.56. The van der Waals surface area contributed by atoms with E-state index in [2.05, 4.69) is 16.8 Å². The third-order valence-electron chi connectivity index (χ3n) is 3.78. The summed E-state index contributed by atoms with van der Waals surface area (Å²) < 4.78 is 10.4. The van der Waals surface area contributed by atoms with Crippen LogP contribution in [0.5, 0.6) is 5.88 Å². The van der Waals surface area contributed by atoms with Crippen LogP contribution in [0.1, 0.15) is 23.6 Å². The van der Waals surface area contributed by atoms with Gasteiger partial charge in [0.15, 0.2) is 0 Å². The van der Waals surface area contributed by atoms with E-state index in [0.29, 0.717) is 12.5 Å². The van der Waals surface area contributed by atoms with E-state index in [0.717, 1.165) is 27.3 Å². The Hall–Kier alpha value is -3.36. The molecule has 0 radical (unpaired) electrons. The zero-order chi connectivity index (χ0) is 19.8. The van der Waals surface area contributed by atoms with Gasteiger partial charge in [0.05, 0.1) is 24.3 Å². The van der Waals surface area contributed by atoms with E-state index in [1.165, 1.54) is 13.2 Å². The molecule has 0 saturated carbocycles. The number of rotatable bonds is 5. The van der Waals surface area contributed by atoms with E-state index in [9.17, 15) is 4.79 Å². The van der Waals surface area contributed by atoms with Gasteiger partial charge in [-0.3, -0.25) is 0 Å². The first kappa shape index (κ1) is 19.4. The van der Waals surface area contributed by atoms with Gasteiger partial charge in [0.1, 0.15) is 0 Å². The van der Waals surface area contributed by atoms with Gasteiger partial charge in [0, 0.05) is 28.8 Å². The van der Waals surface area contributed by atoms with Crippen LogP contribution in [0.2, 0.25) is 0 Å². The van der Waals surface area contributed by atoms with Crippen molar-refractivity contribution < 1.29 is 14.3 Å². The molecule has 2 heterocycles. The highest BCUT2D eigenvalue weighted by molar-refractivity contribution is 7.13. The highest BCUT2D eigenvalue weighted by atomic mass is 32.1. The summed E-state index contributed by atoms with van der Waals surface area (Å²) in [6, 6.07) is 15.5. The van der Waals surface area contributed by atoms with E-state index in [1.54, 1.807) is 23.5 Å². The lowest BCUT2D eigenvalue weighted by Crippen LogP contribution is -2.00. The van der Waals surface area contributed by atoms with Crippen molar-refractivity contribution in [3.63, 3.8) is 0 Å². The maximum absolute atomic E-state index is 11.7. The zero-order valence-electron chi connectivity index (χ0n) is 15.6. The molecule has 0 aliphatic heterocycles. The third-order valence-corrected chi connectivity index (χ3v) is 4.66. The molecule has 0 unspecified atom stereocenters. The van der Waals surface area contributed by atoms with Gasteiger partial charge < -0.3 is 9.47 Å². The quantitative estimate of drug-likeness (QED) is 0.357. The standard InChI is InChI=1S/C23H19NO3S/c1-3-27-21-16-18(12-11-17-8-5-4-6-9-17)19(13-14-22(25)26-2)23(24-21)20-10-7-15-28-20/h4-10,13-16H,3H2,1-2H3/b14-13-. The predicted octanol–water partition coefficient (Wildman–Crippen LogP) is 4.79. The molecule has 1 aromatic carbocycles. The van der Waals surface area contributed by atoms with Crippen molar-refractivity contribution >= 4 is 23.4 Å². The lowest BCUT2D eigenvalue weighted by atomic mass is 10.0. The Morgan fingerprint density at radius 3 is 2.68 bits per heavy atom. The molecule has 0 fully saturated rings. The van der Waals surface area contributed by atoms with Crippen molar-refractivity contribution in [3.8, 4) is 28.3 Å². The monoisotopic (exact) mass is 389 g/mol. The molecule has 4 nitrogen and oxygen atoms in total. The minimum atomic E-state index is -0.437. The molecule has 5 heteroatoms. The number of carbonyl (C=O) groups excluding carboxylic acids is 1. The molecule has 0 aliphatic carbocycles. The van der Waals surface area contributed by atoms with Gasteiger partial charge in [0.2, 0.25) is 5.88 Å². The van der Waals surface area contributed by atoms with E-state index in [-0.39, 0.29) is 0 Å². The van der Waals surface area contributed by atoms with Crippen molar-refractivity contribution in [1.29, 1.82) is 0 Å². The van der Waals surface area contributed by atoms with E-state index in [4.69, 9.17) is 9.47 Å². The average Bonchev–Trinajstić information content (AvgIpc) is 3.26. The lowest BCUT2D eigenvalue weighted by molar-refractivity contribution is -0.134. The fourth-order valence-electron chi connectivity index (χ4n) is 2.51. The molecule has 0 bridgehead atoms. The summed E-state index contributed by atoms with van der Waals surface area (Å²) in [5.74, 6) is 6.43. The van der Waals surface area contributed by atoms with Crippen LogP contribution in [0.25, 0.3) is 16.6 Å². The molecular weight excluding hydrogens is 370 g/mol. The topological polar surface area (TPSA) is 48.4 Å². The van der Waals surface area contributed by atoms with Crippen LogP contribution >= 0.6 is 11.3 Å². The summed E-state index contributed by atoms with van der Waals surface area (Å²) in [4.78, 5) is 17.3. The van der Waals surface area contributed by atoms with Gasteiger partial charge in [-0.25, -0.2) is 9.78 Å². The first-order chi connectivity index (χ1) is 13.7. The first-order valence-corrected chi connectivity index (χ1v) is 9.64. The Bertz CT molecular complexity index is 1030. The number of nitrogens with zero attached hydrogens (tertiary/aromatic N) is 1. The number of ether oxygens (including phenoxy) is 2. The van der Waals surface area contributed by atoms with Crippen LogP contribution < -0.4 is 4.74 Å². The van der Waals surface area contributed by atoms with Crippen molar-refractivity contribution in [3.05, 3.63) is 76.7 Å². The van der Waals surface area contributed by atoms with Crippen molar-refractivity contribution in [2.24, 2.45) is 0 Å². The number of pyridine rings is 1. The molecule has 0 N–H and O–H groups in total. The molecule has 0 amide bonds. The number of hydrogen-bond donors (Lipinski definition) is 0. The number of aromatic nitrogens is 1. The summed E-state index contributed by atoms with van der Waals surface area (Å²) in [6.07, 6.45) is 3.07. The normalized spacial score (nSPS) is 10.4. The Kier molecular flexibility index (Phi) is 6.61. The molecule has 0 saturated heterocycles. The fraction of sp³-hybridized carbons (Fsp3) is 0.130. The summed E-state index contributed by atoms with van der Waals surface area (Å²) in [7, 11) is 1.35. The SMILES string of the molecule is CCOc1cc(C#Cc2ccccc2)c(/C=C\C(=O)OC)c(-c2cccs2)n1. The number of carbonyl (C=O) groups is 1. The molecule has 2 aromatic heterocycles. The second-order valence-corrected chi connectivity index (χ2v) is 6.60. The minimum absolute atomic E-state index is 0.437. The highest BCUT2D eigenvalue weighted by Gasteiger charge is 2.14. The van der Waals surface area contributed by atoms with Crippen LogP contribution in [0.4, 0.5) is 0 Å². The van der Waals surface area contributed by atoms with E-state index < -0.39 is 5.97 Å². The molecular formula is C23H19NO3S. The Morgan fingerprint density at radius 1 is 1.18 bits per heavy atom. The summed E-state index contributed by atoms with van der Waals surface area (Å²) in [5.41, 5.74) is 3.10. The van der Waals surface area contributed by atoms with Crippen LogP contribution in [0, 0.1) is 11.8 Å². The van der Waals surface area contributed by atoms with Gasteiger partial charge >= 0.3 is 5.97 Å². The maximum atomic E-state index is 11.7. The van der Waals surface area contributed by atoms with Crippen LogP contribution in [0.3, 0.4) is 0 Å². The lowest BCUT2D eigenvalue weighted by Gasteiger charge is -2.10. The highest BCUT2D eigenvalue weighted by Crippen LogP contribution is 2.31. The summed E-state index contributed by atoms with van der Waals surface area (Å²) in [5, 5.41) is 1.98. The molecule has 3 rings (SSSR count). The van der Waals surface area contributed by atoms with Crippen LogP contribution in [-0.4, -0.2) is 24.7 Å². The van der Waals surface area contributed by atoms with Crippen LogP contribution in [0.15, 0.2) is 60.0 Å². The van der Waals surface area contributed by atoms with Gasteiger partial charge in [-0.1, -0.05) is 36.1 Å². The van der Waals surface area contributed by atoms with E-state index >= 15 is 0 Å². The smallest absolute Gasteiger partial charge is 0.330 e. The molecule has 28 heavy (non-hydrogen) atoms.